The van der Waals surface area contributed by atoms with Crippen LogP contribution in [0.25, 0.3) is 0 Å². The number of carbonyl (C=O) groups is 1. The van der Waals surface area contributed by atoms with Gasteiger partial charge in [0.15, 0.2) is 5.82 Å². The highest BCUT2D eigenvalue weighted by molar-refractivity contribution is 5.67. The van der Waals surface area contributed by atoms with Crippen molar-refractivity contribution in [2.45, 2.75) is 52.5 Å². The zero-order chi connectivity index (χ0) is 20.6. The predicted octanol–water partition coefficient (Wildman–Crippen LogP) is 3.77. The van der Waals surface area contributed by atoms with Crippen LogP contribution in [-0.4, -0.2) is 51.9 Å². The molecule has 1 aliphatic rings. The van der Waals surface area contributed by atoms with Gasteiger partial charge in [-0.15, -0.1) is 5.10 Å². The van der Waals surface area contributed by atoms with Crippen molar-refractivity contribution in [2.24, 2.45) is 0 Å². The van der Waals surface area contributed by atoms with Gasteiger partial charge >= 0.3 is 6.09 Å². The Morgan fingerprint density at radius 1 is 1.17 bits per heavy atom. The highest BCUT2D eigenvalue weighted by atomic mass is 16.6. The zero-order valence-corrected chi connectivity index (χ0v) is 17.4. The van der Waals surface area contributed by atoms with Crippen molar-refractivity contribution in [3.63, 3.8) is 0 Å². The van der Waals surface area contributed by atoms with Crippen LogP contribution < -0.4 is 10.6 Å². The normalized spacial score (nSPS) is 14.5. The molecular weight excluding hydrogens is 368 g/mol. The number of hydrogen-bond acceptors (Lipinski definition) is 7. The van der Waals surface area contributed by atoms with E-state index in [9.17, 15) is 4.79 Å². The first-order valence-electron chi connectivity index (χ1n) is 10.4. The van der Waals surface area contributed by atoms with Crippen molar-refractivity contribution >= 4 is 23.5 Å². The lowest BCUT2D eigenvalue weighted by Crippen LogP contribution is -2.42. The Hall–Kier alpha value is -2.90. The second-order valence-corrected chi connectivity index (χ2v) is 7.05. The third-order valence-electron chi connectivity index (χ3n) is 5.17. The van der Waals surface area contributed by atoms with E-state index in [1.165, 1.54) is 11.1 Å². The van der Waals surface area contributed by atoms with Gasteiger partial charge in [0.1, 0.15) is 0 Å². The van der Waals surface area contributed by atoms with Crippen molar-refractivity contribution in [1.82, 2.24) is 20.1 Å². The molecule has 1 aliphatic heterocycles. The summed E-state index contributed by atoms with van der Waals surface area (Å²) in [6.07, 6.45) is 4.94. The Labute approximate surface area is 172 Å². The van der Waals surface area contributed by atoms with Crippen LogP contribution in [0.4, 0.5) is 22.2 Å². The maximum absolute atomic E-state index is 11.8. The van der Waals surface area contributed by atoms with Gasteiger partial charge in [0.2, 0.25) is 5.95 Å². The SMILES string of the molecule is CCOC(=O)N1CCC(Nc2cnnc(Nc3c(CC)cccc3CC)n2)CC1. The molecule has 0 aliphatic carbocycles. The Morgan fingerprint density at radius 3 is 2.48 bits per heavy atom. The number of piperidine rings is 1. The average Bonchev–Trinajstić information content (AvgIpc) is 2.75. The lowest BCUT2D eigenvalue weighted by molar-refractivity contribution is 0.0983. The van der Waals surface area contributed by atoms with Gasteiger partial charge in [-0.25, -0.2) is 4.79 Å². The average molecular weight is 399 g/mol. The summed E-state index contributed by atoms with van der Waals surface area (Å²) >= 11 is 0. The van der Waals surface area contributed by atoms with E-state index in [4.69, 9.17) is 4.74 Å². The zero-order valence-electron chi connectivity index (χ0n) is 17.4. The number of aromatic nitrogens is 3. The molecule has 1 aromatic carbocycles. The molecule has 2 aromatic rings. The fourth-order valence-electron chi connectivity index (χ4n) is 3.57. The molecule has 3 rings (SSSR count). The van der Waals surface area contributed by atoms with Crippen molar-refractivity contribution in [3.8, 4) is 0 Å². The van der Waals surface area contributed by atoms with Crippen LogP contribution in [0.1, 0.15) is 44.7 Å². The van der Waals surface area contributed by atoms with Gasteiger partial charge in [-0.1, -0.05) is 32.0 Å². The summed E-state index contributed by atoms with van der Waals surface area (Å²) in [5, 5.41) is 15.0. The molecule has 0 bridgehead atoms. The summed E-state index contributed by atoms with van der Waals surface area (Å²) in [6, 6.07) is 6.56. The van der Waals surface area contributed by atoms with E-state index in [1.54, 1.807) is 11.1 Å². The molecule has 0 radical (unpaired) electrons. The van der Waals surface area contributed by atoms with E-state index in [-0.39, 0.29) is 12.1 Å². The number of likely N-dealkylation sites (tertiary alicyclic amines) is 1. The van der Waals surface area contributed by atoms with E-state index in [0.717, 1.165) is 31.4 Å². The molecular formula is C21H30N6O2. The number of aryl methyl sites for hydroxylation is 2. The molecule has 2 heterocycles. The van der Waals surface area contributed by atoms with E-state index < -0.39 is 0 Å². The third kappa shape index (κ3) is 5.34. The summed E-state index contributed by atoms with van der Waals surface area (Å²) in [7, 11) is 0. The first-order valence-corrected chi connectivity index (χ1v) is 10.4. The number of anilines is 3. The number of carbonyl (C=O) groups excluding carboxylic acids is 1. The molecule has 1 fully saturated rings. The number of rotatable bonds is 7. The minimum absolute atomic E-state index is 0.234. The lowest BCUT2D eigenvalue weighted by Gasteiger charge is -2.31. The number of amides is 1. The molecule has 2 N–H and O–H groups in total. The second kappa shape index (κ2) is 10.0. The molecule has 8 heteroatoms. The maximum atomic E-state index is 11.8. The van der Waals surface area contributed by atoms with Gasteiger partial charge in [-0.2, -0.15) is 10.1 Å². The van der Waals surface area contributed by atoms with Gasteiger partial charge in [0, 0.05) is 24.8 Å². The summed E-state index contributed by atoms with van der Waals surface area (Å²) in [6.45, 7) is 7.84. The van der Waals surface area contributed by atoms with Gasteiger partial charge < -0.3 is 20.3 Å². The van der Waals surface area contributed by atoms with Crippen molar-refractivity contribution in [2.75, 3.05) is 30.3 Å². The van der Waals surface area contributed by atoms with Crippen molar-refractivity contribution < 1.29 is 9.53 Å². The molecule has 0 atom stereocenters. The van der Waals surface area contributed by atoms with Crippen LogP contribution in [0.2, 0.25) is 0 Å². The number of para-hydroxylation sites is 1. The minimum atomic E-state index is -0.234. The largest absolute Gasteiger partial charge is 0.450 e. The fourth-order valence-corrected chi connectivity index (χ4v) is 3.57. The van der Waals surface area contributed by atoms with Crippen LogP contribution in [0, 0.1) is 0 Å². The van der Waals surface area contributed by atoms with E-state index in [0.29, 0.717) is 31.5 Å². The Kier molecular flexibility index (Phi) is 7.21. The molecule has 0 saturated carbocycles. The van der Waals surface area contributed by atoms with Crippen molar-refractivity contribution in [3.05, 3.63) is 35.5 Å². The summed E-state index contributed by atoms with van der Waals surface area (Å²) in [4.78, 5) is 18.2. The van der Waals surface area contributed by atoms with E-state index >= 15 is 0 Å². The predicted molar refractivity (Wildman–Crippen MR) is 114 cm³/mol. The Bertz CT molecular complexity index is 798. The summed E-state index contributed by atoms with van der Waals surface area (Å²) in [5.74, 6) is 1.17. The first-order chi connectivity index (χ1) is 14.1. The monoisotopic (exact) mass is 398 g/mol. The number of hydrogen-bond donors (Lipinski definition) is 2. The minimum Gasteiger partial charge on any atom is -0.450 e. The topological polar surface area (TPSA) is 92.3 Å². The molecule has 0 unspecified atom stereocenters. The fraction of sp³-hybridized carbons (Fsp3) is 0.524. The molecule has 0 spiro atoms. The molecule has 29 heavy (non-hydrogen) atoms. The van der Waals surface area contributed by atoms with E-state index in [2.05, 4.69) is 57.9 Å². The molecule has 1 aromatic heterocycles. The highest BCUT2D eigenvalue weighted by Gasteiger charge is 2.23. The molecule has 1 amide bonds. The first kappa shape index (κ1) is 20.8. The van der Waals surface area contributed by atoms with Gasteiger partial charge in [0.05, 0.1) is 12.8 Å². The van der Waals surface area contributed by atoms with Crippen LogP contribution >= 0.6 is 0 Å². The van der Waals surface area contributed by atoms with E-state index in [1.807, 2.05) is 6.92 Å². The van der Waals surface area contributed by atoms with Crippen LogP contribution in [0.3, 0.4) is 0 Å². The van der Waals surface area contributed by atoms with Gasteiger partial charge in [-0.05, 0) is 43.7 Å². The van der Waals surface area contributed by atoms with Crippen LogP contribution in [0.15, 0.2) is 24.4 Å². The summed E-state index contributed by atoms with van der Waals surface area (Å²) < 4.78 is 5.07. The number of nitrogens with zero attached hydrogens (tertiary/aromatic N) is 4. The standard InChI is InChI=1S/C21H30N6O2/c1-4-15-8-7-9-16(5-2)19(15)25-20-24-18(14-22-26-20)23-17-10-12-27(13-11-17)21(28)29-6-3/h7-9,14,17H,4-6,10-13H2,1-3H3,(H2,23,24,25,26). The summed E-state index contributed by atoms with van der Waals surface area (Å²) in [5.41, 5.74) is 3.54. The molecule has 8 nitrogen and oxygen atoms in total. The Balaban J connectivity index is 1.63. The number of ether oxygens (including phenoxy) is 1. The van der Waals surface area contributed by atoms with Crippen molar-refractivity contribution in [1.29, 1.82) is 0 Å². The molecule has 1 saturated heterocycles. The third-order valence-corrected chi connectivity index (χ3v) is 5.17. The number of nitrogens with one attached hydrogen (secondary N) is 2. The molecule has 156 valence electrons. The van der Waals surface area contributed by atoms with Crippen LogP contribution in [-0.2, 0) is 17.6 Å². The number of benzene rings is 1. The van der Waals surface area contributed by atoms with Crippen LogP contribution in [0.5, 0.6) is 0 Å². The van der Waals surface area contributed by atoms with Gasteiger partial charge in [-0.3, -0.25) is 0 Å². The smallest absolute Gasteiger partial charge is 0.409 e. The Morgan fingerprint density at radius 2 is 1.86 bits per heavy atom. The quantitative estimate of drug-likeness (QED) is 0.733. The van der Waals surface area contributed by atoms with Gasteiger partial charge in [0.25, 0.3) is 0 Å². The second-order valence-electron chi connectivity index (χ2n) is 7.05. The highest BCUT2D eigenvalue weighted by Crippen LogP contribution is 2.25. The maximum Gasteiger partial charge on any atom is 0.409 e. The lowest BCUT2D eigenvalue weighted by atomic mass is 10.0.